The molecule has 0 atom stereocenters. The van der Waals surface area contributed by atoms with Gasteiger partial charge in [0.2, 0.25) is 0 Å². The van der Waals surface area contributed by atoms with Gasteiger partial charge in [-0.3, -0.25) is 14.4 Å². The fourth-order valence-corrected chi connectivity index (χ4v) is 4.02. The molecule has 37 heavy (non-hydrogen) atoms. The third-order valence-electron chi connectivity index (χ3n) is 6.68. The summed E-state index contributed by atoms with van der Waals surface area (Å²) < 4.78 is 10.4. The Balaban J connectivity index is 3.80. The monoisotopic (exact) mass is 530 g/mol. The highest BCUT2D eigenvalue weighted by Gasteiger charge is 2.33. The molecule has 0 spiro atoms. The van der Waals surface area contributed by atoms with Crippen molar-refractivity contribution in [3.63, 3.8) is 0 Å². The Hall–Kier alpha value is -1.67. The lowest BCUT2D eigenvalue weighted by Crippen LogP contribution is -2.41. The Kier molecular flexibility index (Phi) is 22.4. The molecule has 0 unspecified atom stereocenters. The number of ether oxygens (including phenoxy) is 2. The van der Waals surface area contributed by atoms with Crippen molar-refractivity contribution in [3.8, 4) is 0 Å². The standard InChI is InChI=1S/C29H54O8/c1-25(2)17-13-11-9-7-5-3-4-6-8-10-12-14-19-27(34)36-23-29(21-30,22-31)24-37-28(35)20-16-15-18-26(32)33/h25,30-31H,3-24H2,1-2H3,(H,32,33). The first kappa shape index (κ1) is 35.3. The van der Waals surface area contributed by atoms with E-state index < -0.39 is 30.6 Å². The first-order valence-electron chi connectivity index (χ1n) is 14.5. The lowest BCUT2D eigenvalue weighted by molar-refractivity contribution is -0.159. The van der Waals surface area contributed by atoms with Gasteiger partial charge < -0.3 is 24.8 Å². The van der Waals surface area contributed by atoms with Gasteiger partial charge in [-0.2, -0.15) is 0 Å². The van der Waals surface area contributed by atoms with Gasteiger partial charge >= 0.3 is 17.9 Å². The van der Waals surface area contributed by atoms with Crippen LogP contribution in [0.4, 0.5) is 0 Å². The molecule has 0 aromatic heterocycles. The Labute approximate surface area is 224 Å². The highest BCUT2D eigenvalue weighted by Crippen LogP contribution is 2.19. The minimum atomic E-state index is -1.25. The van der Waals surface area contributed by atoms with Crippen molar-refractivity contribution in [2.24, 2.45) is 11.3 Å². The second kappa shape index (κ2) is 23.4. The quantitative estimate of drug-likeness (QED) is 0.0944. The second-order valence-electron chi connectivity index (χ2n) is 10.9. The van der Waals surface area contributed by atoms with Gasteiger partial charge in [0.05, 0.1) is 18.6 Å². The lowest BCUT2D eigenvalue weighted by atomic mass is 9.92. The molecule has 0 aliphatic heterocycles. The zero-order chi connectivity index (χ0) is 27.8. The summed E-state index contributed by atoms with van der Waals surface area (Å²) in [5, 5.41) is 28.0. The number of carboxylic acids is 1. The zero-order valence-electron chi connectivity index (χ0n) is 23.5. The van der Waals surface area contributed by atoms with Crippen LogP contribution in [0.1, 0.15) is 129 Å². The van der Waals surface area contributed by atoms with Crippen LogP contribution in [0.15, 0.2) is 0 Å². The van der Waals surface area contributed by atoms with E-state index in [0.717, 1.165) is 25.2 Å². The molecule has 0 amide bonds. The van der Waals surface area contributed by atoms with E-state index in [9.17, 15) is 24.6 Å². The average molecular weight is 531 g/mol. The fraction of sp³-hybridized carbons (Fsp3) is 0.897. The molecule has 0 aliphatic rings. The van der Waals surface area contributed by atoms with Gasteiger partial charge in [0.1, 0.15) is 13.2 Å². The molecule has 0 fully saturated rings. The van der Waals surface area contributed by atoms with Crippen LogP contribution in [0.2, 0.25) is 0 Å². The summed E-state index contributed by atoms with van der Waals surface area (Å²) in [5.41, 5.74) is -1.25. The molecule has 0 radical (unpaired) electrons. The Morgan fingerprint density at radius 2 is 0.946 bits per heavy atom. The van der Waals surface area contributed by atoms with Crippen molar-refractivity contribution in [2.75, 3.05) is 26.4 Å². The number of rotatable bonds is 26. The summed E-state index contributed by atoms with van der Waals surface area (Å²) in [6.45, 7) is 3.07. The van der Waals surface area contributed by atoms with Crippen LogP contribution >= 0.6 is 0 Å². The first-order valence-corrected chi connectivity index (χ1v) is 14.5. The SMILES string of the molecule is CC(C)CCCCCCCCCCCCCCC(=O)OCC(CO)(CO)COC(=O)CCCCC(=O)O. The summed E-state index contributed by atoms with van der Waals surface area (Å²) >= 11 is 0. The van der Waals surface area contributed by atoms with Crippen LogP contribution in [-0.2, 0) is 23.9 Å². The van der Waals surface area contributed by atoms with Gasteiger partial charge in [-0.25, -0.2) is 0 Å². The summed E-state index contributed by atoms with van der Waals surface area (Å²) in [5.74, 6) is -1.03. The maximum absolute atomic E-state index is 12.1. The van der Waals surface area contributed by atoms with E-state index in [0.29, 0.717) is 12.8 Å². The number of hydrogen-bond acceptors (Lipinski definition) is 7. The second-order valence-corrected chi connectivity index (χ2v) is 10.9. The average Bonchev–Trinajstić information content (AvgIpc) is 2.87. The van der Waals surface area contributed by atoms with E-state index in [2.05, 4.69) is 13.8 Å². The number of carbonyl (C=O) groups is 3. The number of aliphatic hydroxyl groups excluding tert-OH is 2. The van der Waals surface area contributed by atoms with Gasteiger partial charge in [-0.05, 0) is 25.2 Å². The number of carbonyl (C=O) groups excluding carboxylic acids is 2. The normalized spacial score (nSPS) is 11.6. The van der Waals surface area contributed by atoms with E-state index in [1.807, 2.05) is 0 Å². The number of carboxylic acid groups (broad SMARTS) is 1. The minimum absolute atomic E-state index is 0.0146. The van der Waals surface area contributed by atoms with E-state index in [-0.39, 0.29) is 38.4 Å². The zero-order valence-corrected chi connectivity index (χ0v) is 23.5. The maximum atomic E-state index is 12.1. The third-order valence-corrected chi connectivity index (χ3v) is 6.68. The van der Waals surface area contributed by atoms with Crippen molar-refractivity contribution in [1.29, 1.82) is 0 Å². The molecule has 0 aromatic carbocycles. The molecule has 0 heterocycles. The van der Waals surface area contributed by atoms with Crippen LogP contribution in [0.3, 0.4) is 0 Å². The lowest BCUT2D eigenvalue weighted by Gasteiger charge is -2.28. The van der Waals surface area contributed by atoms with Crippen molar-refractivity contribution in [1.82, 2.24) is 0 Å². The molecule has 0 aromatic rings. The number of hydrogen-bond donors (Lipinski definition) is 3. The molecule has 3 N–H and O–H groups in total. The summed E-state index contributed by atoms with van der Waals surface area (Å²) in [6, 6.07) is 0. The Morgan fingerprint density at radius 3 is 1.32 bits per heavy atom. The number of esters is 2. The predicted octanol–water partition coefficient (Wildman–Crippen LogP) is 5.81. The highest BCUT2D eigenvalue weighted by atomic mass is 16.5. The molecular weight excluding hydrogens is 476 g/mol. The first-order chi connectivity index (χ1) is 17.7. The highest BCUT2D eigenvalue weighted by molar-refractivity contribution is 5.70. The number of aliphatic hydroxyl groups is 2. The molecule has 0 aliphatic carbocycles. The van der Waals surface area contributed by atoms with Crippen molar-refractivity contribution >= 4 is 17.9 Å². The van der Waals surface area contributed by atoms with E-state index >= 15 is 0 Å². The van der Waals surface area contributed by atoms with Crippen LogP contribution < -0.4 is 0 Å². The molecule has 0 bridgehead atoms. The fourth-order valence-electron chi connectivity index (χ4n) is 4.02. The molecular formula is C29H54O8. The molecule has 8 nitrogen and oxygen atoms in total. The topological polar surface area (TPSA) is 130 Å². The summed E-state index contributed by atoms with van der Waals surface area (Å²) in [4.78, 5) is 34.4. The van der Waals surface area contributed by atoms with Gasteiger partial charge in [-0.1, -0.05) is 90.9 Å². The smallest absolute Gasteiger partial charge is 0.305 e. The molecule has 218 valence electrons. The molecule has 0 saturated carbocycles. The van der Waals surface area contributed by atoms with Crippen molar-refractivity contribution in [2.45, 2.75) is 129 Å². The van der Waals surface area contributed by atoms with E-state index in [4.69, 9.17) is 14.6 Å². The van der Waals surface area contributed by atoms with Crippen LogP contribution in [0, 0.1) is 11.3 Å². The summed E-state index contributed by atoms with van der Waals surface area (Å²) in [7, 11) is 0. The maximum Gasteiger partial charge on any atom is 0.305 e. The number of unbranched alkanes of at least 4 members (excludes halogenated alkanes) is 12. The van der Waals surface area contributed by atoms with Crippen LogP contribution in [0.25, 0.3) is 0 Å². The van der Waals surface area contributed by atoms with Gasteiger partial charge in [0.25, 0.3) is 0 Å². The predicted molar refractivity (Wildman–Crippen MR) is 144 cm³/mol. The minimum Gasteiger partial charge on any atom is -0.481 e. The molecule has 8 heteroatoms. The third kappa shape index (κ3) is 22.1. The van der Waals surface area contributed by atoms with Crippen molar-refractivity contribution < 1.29 is 39.2 Å². The Morgan fingerprint density at radius 1 is 0.595 bits per heavy atom. The van der Waals surface area contributed by atoms with Crippen LogP contribution in [0.5, 0.6) is 0 Å². The van der Waals surface area contributed by atoms with Gasteiger partial charge in [-0.15, -0.1) is 0 Å². The van der Waals surface area contributed by atoms with E-state index in [1.165, 1.54) is 64.2 Å². The number of aliphatic carboxylic acids is 1. The molecule has 0 rings (SSSR count). The molecule has 0 saturated heterocycles. The van der Waals surface area contributed by atoms with Crippen molar-refractivity contribution in [3.05, 3.63) is 0 Å². The Bertz CT molecular complexity index is 586. The van der Waals surface area contributed by atoms with Gasteiger partial charge in [0.15, 0.2) is 0 Å². The van der Waals surface area contributed by atoms with Crippen LogP contribution in [-0.4, -0.2) is 59.7 Å². The summed E-state index contributed by atoms with van der Waals surface area (Å²) in [6.07, 6.45) is 17.0. The largest absolute Gasteiger partial charge is 0.481 e. The van der Waals surface area contributed by atoms with Gasteiger partial charge in [0, 0.05) is 19.3 Å². The van der Waals surface area contributed by atoms with E-state index in [1.54, 1.807) is 0 Å².